The van der Waals surface area contributed by atoms with Crippen molar-refractivity contribution in [1.82, 2.24) is 0 Å². The Morgan fingerprint density at radius 2 is 2.17 bits per heavy atom. The van der Waals surface area contributed by atoms with Crippen molar-refractivity contribution in [3.05, 3.63) is 29.6 Å². The summed E-state index contributed by atoms with van der Waals surface area (Å²) in [6.45, 7) is 5.26. The Bertz CT molecular complexity index is 458. The molecule has 0 radical (unpaired) electrons. The van der Waals surface area contributed by atoms with E-state index >= 15 is 0 Å². The summed E-state index contributed by atoms with van der Waals surface area (Å²) in [6, 6.07) is 7.24. The van der Waals surface area contributed by atoms with E-state index in [9.17, 15) is 4.39 Å². The maximum absolute atomic E-state index is 14.0. The van der Waals surface area contributed by atoms with Crippen LogP contribution in [0.2, 0.25) is 0 Å². The predicted octanol–water partition coefficient (Wildman–Crippen LogP) is 3.71. The molecule has 1 fully saturated rings. The molecule has 1 aliphatic rings. The fraction of sp³-hybridized carbons (Fsp3) is 0.533. The molecule has 1 aliphatic carbocycles. The second-order valence-electron chi connectivity index (χ2n) is 5.39. The first-order valence-corrected chi connectivity index (χ1v) is 6.58. The van der Waals surface area contributed by atoms with E-state index in [1.165, 1.54) is 6.07 Å². The fourth-order valence-electron chi connectivity index (χ4n) is 2.09. The zero-order valence-corrected chi connectivity index (χ0v) is 11.0. The molecule has 0 amide bonds. The van der Waals surface area contributed by atoms with Crippen LogP contribution in [0.4, 0.5) is 10.1 Å². The van der Waals surface area contributed by atoms with Gasteiger partial charge in [-0.2, -0.15) is 5.26 Å². The monoisotopic (exact) mass is 246 g/mol. The molecule has 0 spiro atoms. The van der Waals surface area contributed by atoms with Gasteiger partial charge in [0.15, 0.2) is 0 Å². The molecule has 0 N–H and O–H groups in total. The highest BCUT2D eigenvalue weighted by molar-refractivity contribution is 5.52. The summed E-state index contributed by atoms with van der Waals surface area (Å²) in [5, 5.41) is 8.76. The molecule has 0 atom stereocenters. The highest BCUT2D eigenvalue weighted by Crippen LogP contribution is 2.33. The molecular weight excluding hydrogens is 227 g/mol. The molecule has 1 aromatic carbocycles. The van der Waals surface area contributed by atoms with E-state index in [0.29, 0.717) is 23.2 Å². The van der Waals surface area contributed by atoms with Gasteiger partial charge in [0.1, 0.15) is 5.82 Å². The lowest BCUT2D eigenvalue weighted by atomic mass is 10.1. The molecule has 2 rings (SSSR count). The topological polar surface area (TPSA) is 27.0 Å². The fourth-order valence-corrected chi connectivity index (χ4v) is 2.09. The van der Waals surface area contributed by atoms with Crippen molar-refractivity contribution in [3.63, 3.8) is 0 Å². The number of hydrogen-bond donors (Lipinski definition) is 0. The van der Waals surface area contributed by atoms with Crippen molar-refractivity contribution < 1.29 is 4.39 Å². The van der Waals surface area contributed by atoms with Gasteiger partial charge < -0.3 is 4.90 Å². The molecule has 2 nitrogen and oxygen atoms in total. The Labute approximate surface area is 108 Å². The van der Waals surface area contributed by atoms with Crippen LogP contribution in [-0.2, 0) is 0 Å². The Balaban J connectivity index is 2.17. The summed E-state index contributed by atoms with van der Waals surface area (Å²) in [5.74, 6) is 0.345. The largest absolute Gasteiger partial charge is 0.366 e. The average Bonchev–Trinajstić information content (AvgIpc) is 3.15. The Kier molecular flexibility index (Phi) is 3.86. The van der Waals surface area contributed by atoms with Gasteiger partial charge >= 0.3 is 0 Å². The second-order valence-corrected chi connectivity index (χ2v) is 5.39. The SMILES string of the molecule is CC(C)CCN(c1ccc(C#N)cc1F)C1CC1. The number of anilines is 1. The number of benzene rings is 1. The van der Waals surface area contributed by atoms with Crippen LogP contribution in [-0.4, -0.2) is 12.6 Å². The Morgan fingerprint density at radius 3 is 2.67 bits per heavy atom. The van der Waals surface area contributed by atoms with Crippen LogP contribution < -0.4 is 4.90 Å². The normalized spacial score (nSPS) is 14.6. The van der Waals surface area contributed by atoms with Gasteiger partial charge in [-0.3, -0.25) is 0 Å². The predicted molar refractivity (Wildman–Crippen MR) is 70.9 cm³/mol. The minimum absolute atomic E-state index is 0.273. The number of rotatable bonds is 5. The van der Waals surface area contributed by atoms with E-state index in [-0.39, 0.29) is 5.82 Å². The van der Waals surface area contributed by atoms with Gasteiger partial charge in [-0.05, 0) is 43.4 Å². The lowest BCUT2D eigenvalue weighted by Crippen LogP contribution is -2.28. The molecule has 0 unspecified atom stereocenters. The standard InChI is InChI=1S/C15H19FN2/c1-11(2)7-8-18(13-4-5-13)15-6-3-12(10-17)9-14(15)16/h3,6,9,11,13H,4-5,7-8H2,1-2H3. The molecule has 1 saturated carbocycles. The zero-order valence-electron chi connectivity index (χ0n) is 11.0. The van der Waals surface area contributed by atoms with Gasteiger partial charge in [-0.1, -0.05) is 13.8 Å². The van der Waals surface area contributed by atoms with E-state index in [4.69, 9.17) is 5.26 Å². The van der Waals surface area contributed by atoms with Gasteiger partial charge in [-0.15, -0.1) is 0 Å². The number of hydrogen-bond acceptors (Lipinski definition) is 2. The van der Waals surface area contributed by atoms with E-state index in [0.717, 1.165) is 25.8 Å². The number of nitriles is 1. The van der Waals surface area contributed by atoms with Crippen molar-refractivity contribution in [2.75, 3.05) is 11.4 Å². The van der Waals surface area contributed by atoms with Crippen LogP contribution >= 0.6 is 0 Å². The Morgan fingerprint density at radius 1 is 1.44 bits per heavy atom. The minimum atomic E-state index is -0.273. The van der Waals surface area contributed by atoms with Crippen LogP contribution in [0, 0.1) is 23.1 Å². The summed E-state index contributed by atoms with van der Waals surface area (Å²) < 4.78 is 14.0. The Hall–Kier alpha value is -1.56. The van der Waals surface area contributed by atoms with Crippen LogP contribution in [0.1, 0.15) is 38.7 Å². The van der Waals surface area contributed by atoms with E-state index < -0.39 is 0 Å². The first-order chi connectivity index (χ1) is 8.61. The van der Waals surface area contributed by atoms with Gasteiger partial charge in [-0.25, -0.2) is 4.39 Å². The van der Waals surface area contributed by atoms with Crippen LogP contribution in [0.15, 0.2) is 18.2 Å². The zero-order chi connectivity index (χ0) is 13.1. The smallest absolute Gasteiger partial charge is 0.147 e. The van der Waals surface area contributed by atoms with E-state index in [1.807, 2.05) is 6.07 Å². The molecule has 0 saturated heterocycles. The molecule has 0 bridgehead atoms. The highest BCUT2D eigenvalue weighted by Gasteiger charge is 2.30. The molecule has 0 aromatic heterocycles. The molecule has 18 heavy (non-hydrogen) atoms. The first-order valence-electron chi connectivity index (χ1n) is 6.58. The third-order valence-corrected chi connectivity index (χ3v) is 3.32. The van der Waals surface area contributed by atoms with Gasteiger partial charge in [0, 0.05) is 12.6 Å². The summed E-state index contributed by atoms with van der Waals surface area (Å²) >= 11 is 0. The molecule has 3 heteroatoms. The third kappa shape index (κ3) is 3.01. The van der Waals surface area contributed by atoms with Crippen LogP contribution in [0.3, 0.4) is 0 Å². The van der Waals surface area contributed by atoms with E-state index in [1.54, 1.807) is 12.1 Å². The molecule has 0 aliphatic heterocycles. The molecule has 96 valence electrons. The maximum Gasteiger partial charge on any atom is 0.147 e. The van der Waals surface area contributed by atoms with Crippen molar-refractivity contribution in [3.8, 4) is 6.07 Å². The number of halogens is 1. The summed E-state index contributed by atoms with van der Waals surface area (Å²) in [4.78, 5) is 2.16. The van der Waals surface area contributed by atoms with Gasteiger partial charge in [0.05, 0.1) is 17.3 Å². The van der Waals surface area contributed by atoms with Crippen molar-refractivity contribution in [2.45, 2.75) is 39.2 Å². The summed E-state index contributed by atoms with van der Waals surface area (Å²) in [5.41, 5.74) is 1.04. The van der Waals surface area contributed by atoms with E-state index in [2.05, 4.69) is 18.7 Å². The van der Waals surface area contributed by atoms with Crippen molar-refractivity contribution in [2.24, 2.45) is 5.92 Å². The van der Waals surface area contributed by atoms with Gasteiger partial charge in [0.25, 0.3) is 0 Å². The molecule has 0 heterocycles. The molecular formula is C15H19FN2. The third-order valence-electron chi connectivity index (χ3n) is 3.32. The number of nitrogens with zero attached hydrogens (tertiary/aromatic N) is 2. The van der Waals surface area contributed by atoms with Crippen molar-refractivity contribution >= 4 is 5.69 Å². The second kappa shape index (κ2) is 5.39. The summed E-state index contributed by atoms with van der Waals surface area (Å²) in [7, 11) is 0. The lowest BCUT2D eigenvalue weighted by Gasteiger charge is -2.26. The maximum atomic E-state index is 14.0. The van der Waals surface area contributed by atoms with Crippen LogP contribution in [0.5, 0.6) is 0 Å². The highest BCUT2D eigenvalue weighted by atomic mass is 19.1. The molecule has 1 aromatic rings. The van der Waals surface area contributed by atoms with Crippen LogP contribution in [0.25, 0.3) is 0 Å². The van der Waals surface area contributed by atoms with Crippen molar-refractivity contribution in [1.29, 1.82) is 5.26 Å². The first kappa shape index (κ1) is 12.9. The lowest BCUT2D eigenvalue weighted by molar-refractivity contribution is 0.559. The summed E-state index contributed by atoms with van der Waals surface area (Å²) in [6.07, 6.45) is 3.37. The quantitative estimate of drug-likeness (QED) is 0.791. The average molecular weight is 246 g/mol. The van der Waals surface area contributed by atoms with Gasteiger partial charge in [0.2, 0.25) is 0 Å². The minimum Gasteiger partial charge on any atom is -0.366 e.